The monoisotopic (exact) mass is 294 g/mol. The number of esters is 2. The molecular weight excluding hydrogens is 272 g/mol. The topological polar surface area (TPSA) is 89.0 Å². The molecule has 6 nitrogen and oxygen atoms in total. The lowest BCUT2D eigenvalue weighted by atomic mass is 9.51. The number of carbonyl (C=O) groups is 2. The summed E-state index contributed by atoms with van der Waals surface area (Å²) in [6.45, 7) is 9.75. The first-order valence-electron chi connectivity index (χ1n) is 6.94. The van der Waals surface area contributed by atoms with Crippen molar-refractivity contribution < 1.29 is 23.9 Å². The van der Waals surface area contributed by atoms with Gasteiger partial charge in [0.15, 0.2) is 0 Å². The van der Waals surface area contributed by atoms with Crippen LogP contribution in [-0.2, 0) is 19.1 Å². The van der Waals surface area contributed by atoms with E-state index in [4.69, 9.17) is 10.3 Å². The summed E-state index contributed by atoms with van der Waals surface area (Å²) >= 11 is 0. The van der Waals surface area contributed by atoms with E-state index in [0.717, 1.165) is 0 Å². The van der Waals surface area contributed by atoms with Crippen LogP contribution in [0.3, 0.4) is 0 Å². The van der Waals surface area contributed by atoms with Crippen LogP contribution in [0, 0.1) is 17.3 Å². The Kier molecular flexibility index (Phi) is 5.44. The Morgan fingerprint density at radius 3 is 2.48 bits per heavy atom. The van der Waals surface area contributed by atoms with Crippen LogP contribution in [0.5, 0.6) is 0 Å². The molecule has 0 heterocycles. The molecule has 0 spiro atoms. The molecule has 0 amide bonds. The van der Waals surface area contributed by atoms with E-state index in [1.54, 1.807) is 6.92 Å². The van der Waals surface area contributed by atoms with Gasteiger partial charge in [-0.25, -0.2) is 4.79 Å². The van der Waals surface area contributed by atoms with E-state index in [0.29, 0.717) is 18.4 Å². The first kappa shape index (κ1) is 17.1. The molecule has 116 valence electrons. The molecule has 0 aliphatic heterocycles. The summed E-state index contributed by atoms with van der Waals surface area (Å²) in [6.07, 6.45) is 1.03. The zero-order valence-corrected chi connectivity index (χ0v) is 13.0. The van der Waals surface area contributed by atoms with E-state index < -0.39 is 5.97 Å². The largest absolute Gasteiger partial charge is 0.469 e. The molecule has 21 heavy (non-hydrogen) atoms. The Balaban J connectivity index is 2.80. The van der Waals surface area contributed by atoms with Crippen LogP contribution in [0.15, 0.2) is 12.2 Å². The van der Waals surface area contributed by atoms with Crippen LogP contribution in [0.2, 0.25) is 0 Å². The Bertz CT molecular complexity index is 504. The number of ether oxygens (including phenoxy) is 2. The maximum atomic E-state index is 11.7. The molecule has 0 aromatic heterocycles. The van der Waals surface area contributed by atoms with Crippen LogP contribution in [0.1, 0.15) is 33.6 Å². The molecule has 1 aliphatic carbocycles. The van der Waals surface area contributed by atoms with Gasteiger partial charge in [0.1, 0.15) is 0 Å². The van der Waals surface area contributed by atoms with Gasteiger partial charge >= 0.3 is 17.7 Å². The number of carbonyl (C=O) groups excluding carboxylic acids is 2. The molecule has 0 saturated heterocycles. The Morgan fingerprint density at radius 2 is 2.05 bits per heavy atom. The summed E-state index contributed by atoms with van der Waals surface area (Å²) in [7, 11) is 1.36. The lowest BCUT2D eigenvalue weighted by Gasteiger charge is -2.52. The SMILES string of the molecule is C=C(C(=[N+]=[N-])C(=O)OCC)[C@@H]1C[C@H](CC(=O)OC)C1(C)C. The fourth-order valence-corrected chi connectivity index (χ4v) is 2.84. The molecule has 1 fully saturated rings. The Labute approximate surface area is 124 Å². The minimum absolute atomic E-state index is 0.0394. The first-order chi connectivity index (χ1) is 9.79. The second kappa shape index (κ2) is 6.68. The van der Waals surface area contributed by atoms with E-state index in [1.807, 2.05) is 13.8 Å². The number of nitrogens with zero attached hydrogens (tertiary/aromatic N) is 2. The Morgan fingerprint density at radius 1 is 1.43 bits per heavy atom. The van der Waals surface area contributed by atoms with Crippen molar-refractivity contribution in [3.63, 3.8) is 0 Å². The van der Waals surface area contributed by atoms with Crippen molar-refractivity contribution in [2.24, 2.45) is 17.3 Å². The fraction of sp³-hybridized carbons (Fsp3) is 0.667. The predicted octanol–water partition coefficient (Wildman–Crippen LogP) is 2.00. The Hall–Kier alpha value is -1.94. The number of methoxy groups -OCH3 is 1. The van der Waals surface area contributed by atoms with E-state index in [9.17, 15) is 9.59 Å². The van der Waals surface area contributed by atoms with Gasteiger partial charge in [-0.15, -0.1) is 0 Å². The van der Waals surface area contributed by atoms with Crippen molar-refractivity contribution in [1.29, 1.82) is 0 Å². The van der Waals surface area contributed by atoms with Crippen LogP contribution in [0.25, 0.3) is 5.53 Å². The van der Waals surface area contributed by atoms with E-state index in [2.05, 4.69) is 16.1 Å². The normalized spacial score (nSPS) is 22.5. The highest BCUT2D eigenvalue weighted by atomic mass is 16.5. The van der Waals surface area contributed by atoms with Gasteiger partial charge in [-0.3, -0.25) is 4.79 Å². The van der Waals surface area contributed by atoms with Crippen molar-refractivity contribution in [3.8, 4) is 0 Å². The average Bonchev–Trinajstić information content (AvgIpc) is 2.43. The number of rotatable bonds is 6. The third kappa shape index (κ3) is 3.39. The summed E-state index contributed by atoms with van der Waals surface area (Å²) in [5, 5.41) is 0. The zero-order chi connectivity index (χ0) is 16.2. The molecule has 1 saturated carbocycles. The van der Waals surface area contributed by atoms with E-state index in [-0.39, 0.29) is 35.5 Å². The molecule has 0 bridgehead atoms. The summed E-state index contributed by atoms with van der Waals surface area (Å²) < 4.78 is 9.53. The first-order valence-corrected chi connectivity index (χ1v) is 6.94. The predicted molar refractivity (Wildman–Crippen MR) is 76.4 cm³/mol. The van der Waals surface area contributed by atoms with Crippen LogP contribution < -0.4 is 0 Å². The zero-order valence-electron chi connectivity index (χ0n) is 13.0. The molecular formula is C15H22N2O4. The minimum atomic E-state index is -0.683. The maximum Gasteiger partial charge on any atom is 0.421 e. The molecule has 1 aliphatic rings. The molecule has 0 N–H and O–H groups in total. The van der Waals surface area contributed by atoms with Crippen molar-refractivity contribution in [2.45, 2.75) is 33.6 Å². The minimum Gasteiger partial charge on any atom is -0.469 e. The summed E-state index contributed by atoms with van der Waals surface area (Å²) in [5.41, 5.74) is 9.10. The van der Waals surface area contributed by atoms with Crippen LogP contribution >= 0.6 is 0 Å². The third-order valence-corrected chi connectivity index (χ3v) is 4.40. The van der Waals surface area contributed by atoms with Gasteiger partial charge in [0.2, 0.25) is 0 Å². The highest BCUT2D eigenvalue weighted by Crippen LogP contribution is 2.55. The van der Waals surface area contributed by atoms with Gasteiger partial charge in [0.05, 0.1) is 13.7 Å². The summed E-state index contributed by atoms with van der Waals surface area (Å²) in [4.78, 5) is 26.1. The van der Waals surface area contributed by atoms with Gasteiger partial charge < -0.3 is 15.0 Å². The molecule has 0 radical (unpaired) electrons. The molecule has 0 aromatic rings. The van der Waals surface area contributed by atoms with Crippen molar-refractivity contribution in [1.82, 2.24) is 0 Å². The number of hydrogen-bond donors (Lipinski definition) is 0. The van der Waals surface area contributed by atoms with Crippen LogP contribution in [0.4, 0.5) is 0 Å². The van der Waals surface area contributed by atoms with Gasteiger partial charge in [-0.05, 0) is 30.6 Å². The third-order valence-electron chi connectivity index (χ3n) is 4.40. The van der Waals surface area contributed by atoms with Crippen molar-refractivity contribution in [3.05, 3.63) is 17.7 Å². The highest BCUT2D eigenvalue weighted by Gasteiger charge is 2.52. The molecule has 0 unspecified atom stereocenters. The van der Waals surface area contributed by atoms with Gasteiger partial charge in [0, 0.05) is 12.0 Å². The van der Waals surface area contributed by atoms with Gasteiger partial charge in [0.25, 0.3) is 0 Å². The lowest BCUT2D eigenvalue weighted by Crippen LogP contribution is -2.48. The number of hydrogen-bond acceptors (Lipinski definition) is 4. The quantitative estimate of drug-likeness (QED) is 0.324. The average molecular weight is 294 g/mol. The second-order valence-corrected chi connectivity index (χ2v) is 5.78. The fourth-order valence-electron chi connectivity index (χ4n) is 2.84. The standard InChI is InChI=1S/C15H22N2O4/c1-6-21-14(19)13(17-16)9(2)11-7-10(15(11,3)4)8-12(18)20-5/h10-11H,2,6-8H2,1,3-5H3/t10-,11+/m1/s1. The van der Waals surface area contributed by atoms with E-state index >= 15 is 0 Å². The molecule has 6 heteroatoms. The van der Waals surface area contributed by atoms with Gasteiger partial charge in [-0.2, -0.15) is 4.79 Å². The maximum absolute atomic E-state index is 11.7. The summed E-state index contributed by atoms with van der Waals surface area (Å²) in [5.74, 6) is -0.827. The summed E-state index contributed by atoms with van der Waals surface area (Å²) in [6, 6.07) is 0. The smallest absolute Gasteiger partial charge is 0.421 e. The molecule has 1 rings (SSSR count). The van der Waals surface area contributed by atoms with Crippen LogP contribution in [-0.4, -0.2) is 36.2 Å². The van der Waals surface area contributed by atoms with Gasteiger partial charge in [-0.1, -0.05) is 20.4 Å². The van der Waals surface area contributed by atoms with Crippen molar-refractivity contribution in [2.75, 3.05) is 13.7 Å². The highest BCUT2D eigenvalue weighted by molar-refractivity contribution is 6.40. The van der Waals surface area contributed by atoms with E-state index in [1.165, 1.54) is 7.11 Å². The van der Waals surface area contributed by atoms with Crippen molar-refractivity contribution >= 4 is 17.7 Å². The lowest BCUT2D eigenvalue weighted by molar-refractivity contribution is -0.146. The molecule has 0 aromatic carbocycles. The second-order valence-electron chi connectivity index (χ2n) is 5.78. The molecule has 2 atom stereocenters.